The minimum atomic E-state index is -0.703. The Kier molecular flexibility index (Phi) is 3.13. The molecule has 6 heteroatoms. The zero-order valence-corrected chi connectivity index (χ0v) is 7.29. The van der Waals surface area contributed by atoms with Gasteiger partial charge in [0.05, 0.1) is 5.02 Å². The number of hydrogen-bond donors (Lipinski definition) is 0. The Balaban J connectivity index is 2.75. The van der Waals surface area contributed by atoms with Gasteiger partial charge in [-0.05, 0) is 6.07 Å². The summed E-state index contributed by atoms with van der Waals surface area (Å²) >= 11 is 5.53. The highest BCUT2D eigenvalue weighted by Gasteiger charge is 2.07. The van der Waals surface area contributed by atoms with Crippen molar-refractivity contribution in [3.63, 3.8) is 0 Å². The van der Waals surface area contributed by atoms with Crippen molar-refractivity contribution < 1.29 is 9.31 Å². The number of rotatable bonds is 3. The number of pyridine rings is 1. The van der Waals surface area contributed by atoms with Crippen LogP contribution in [0.1, 0.15) is 5.56 Å². The Morgan fingerprint density at radius 1 is 1.69 bits per heavy atom. The highest BCUT2D eigenvalue weighted by molar-refractivity contribution is 6.30. The van der Waals surface area contributed by atoms with Crippen LogP contribution in [0.25, 0.3) is 0 Å². The van der Waals surface area contributed by atoms with E-state index in [4.69, 9.17) is 11.6 Å². The smallest absolute Gasteiger partial charge is 0.216 e. The third kappa shape index (κ3) is 2.95. The van der Waals surface area contributed by atoms with Crippen molar-refractivity contribution >= 4 is 11.6 Å². The molecule has 0 saturated heterocycles. The SMILES string of the molecule is O=[N+]([O-])CCc1cc(Cl)cnc1F. The summed E-state index contributed by atoms with van der Waals surface area (Å²) in [5.41, 5.74) is 0.171. The fourth-order valence-electron chi connectivity index (χ4n) is 0.852. The first-order valence-electron chi connectivity index (χ1n) is 3.51. The number of hydrogen-bond acceptors (Lipinski definition) is 3. The molecule has 0 amide bonds. The van der Waals surface area contributed by atoms with Crippen molar-refractivity contribution in [1.82, 2.24) is 4.98 Å². The molecule has 0 fully saturated rings. The highest BCUT2D eigenvalue weighted by atomic mass is 35.5. The summed E-state index contributed by atoms with van der Waals surface area (Å²) in [5, 5.41) is 10.3. The summed E-state index contributed by atoms with van der Waals surface area (Å²) in [6.07, 6.45) is 1.17. The van der Waals surface area contributed by atoms with E-state index in [0.717, 1.165) is 6.20 Å². The third-order valence-corrected chi connectivity index (χ3v) is 1.65. The molecule has 0 aliphatic heterocycles. The van der Waals surface area contributed by atoms with E-state index in [1.807, 2.05) is 0 Å². The molecular formula is C7H6ClFN2O2. The highest BCUT2D eigenvalue weighted by Crippen LogP contribution is 2.12. The Morgan fingerprint density at radius 2 is 2.38 bits per heavy atom. The molecule has 0 bridgehead atoms. The van der Waals surface area contributed by atoms with Crippen LogP contribution in [0.4, 0.5) is 4.39 Å². The summed E-state index contributed by atoms with van der Waals surface area (Å²) in [5.74, 6) is -0.703. The average Bonchev–Trinajstić information content (AvgIpc) is 2.06. The van der Waals surface area contributed by atoms with Gasteiger partial charge in [-0.15, -0.1) is 0 Å². The summed E-state index contributed by atoms with van der Waals surface area (Å²) < 4.78 is 12.8. The van der Waals surface area contributed by atoms with Crippen LogP contribution >= 0.6 is 11.6 Å². The Labute approximate surface area is 78.5 Å². The lowest BCUT2D eigenvalue weighted by molar-refractivity contribution is -0.479. The molecule has 13 heavy (non-hydrogen) atoms. The summed E-state index contributed by atoms with van der Waals surface area (Å²) in [4.78, 5) is 12.8. The van der Waals surface area contributed by atoms with Gasteiger partial charge in [0, 0.05) is 23.1 Å². The van der Waals surface area contributed by atoms with Gasteiger partial charge >= 0.3 is 0 Å². The van der Waals surface area contributed by atoms with E-state index in [-0.39, 0.29) is 23.6 Å². The van der Waals surface area contributed by atoms with Crippen molar-refractivity contribution in [2.75, 3.05) is 6.54 Å². The van der Waals surface area contributed by atoms with Crippen LogP contribution in [0.3, 0.4) is 0 Å². The zero-order chi connectivity index (χ0) is 9.84. The number of nitro groups is 1. The average molecular weight is 205 g/mol. The van der Waals surface area contributed by atoms with Gasteiger partial charge in [0.2, 0.25) is 12.5 Å². The first-order chi connectivity index (χ1) is 6.09. The molecule has 0 aromatic carbocycles. The van der Waals surface area contributed by atoms with Crippen LogP contribution in [0.2, 0.25) is 5.02 Å². The van der Waals surface area contributed by atoms with Gasteiger partial charge in [0.1, 0.15) is 0 Å². The van der Waals surface area contributed by atoms with Crippen LogP contribution in [0.15, 0.2) is 12.3 Å². The maximum atomic E-state index is 12.8. The lowest BCUT2D eigenvalue weighted by atomic mass is 10.2. The standard InChI is InChI=1S/C7H6ClFN2O2/c8-6-3-5(1-2-11(12)13)7(9)10-4-6/h3-4H,1-2H2. The molecule has 1 aromatic heterocycles. The maximum Gasteiger partial charge on any atom is 0.216 e. The molecule has 0 spiro atoms. The number of aromatic nitrogens is 1. The van der Waals surface area contributed by atoms with Crippen LogP contribution < -0.4 is 0 Å². The van der Waals surface area contributed by atoms with Gasteiger partial charge in [-0.3, -0.25) is 10.1 Å². The predicted molar refractivity (Wildman–Crippen MR) is 44.8 cm³/mol. The molecule has 70 valence electrons. The lowest BCUT2D eigenvalue weighted by Crippen LogP contribution is -2.06. The fraction of sp³-hybridized carbons (Fsp3) is 0.286. The number of halogens is 2. The lowest BCUT2D eigenvalue weighted by Gasteiger charge is -1.98. The first-order valence-corrected chi connectivity index (χ1v) is 3.89. The monoisotopic (exact) mass is 204 g/mol. The van der Waals surface area contributed by atoms with Crippen LogP contribution in [0.5, 0.6) is 0 Å². The molecule has 4 nitrogen and oxygen atoms in total. The molecule has 0 unspecified atom stereocenters. The van der Waals surface area contributed by atoms with Gasteiger partial charge in [-0.25, -0.2) is 4.98 Å². The van der Waals surface area contributed by atoms with Gasteiger partial charge in [0.15, 0.2) is 0 Å². The molecule has 0 N–H and O–H groups in total. The fourth-order valence-corrected chi connectivity index (χ4v) is 1.03. The molecule has 0 saturated carbocycles. The Hall–Kier alpha value is -1.23. The molecule has 0 radical (unpaired) electrons. The van der Waals surface area contributed by atoms with Crippen LogP contribution in [-0.2, 0) is 6.42 Å². The van der Waals surface area contributed by atoms with Gasteiger partial charge in [-0.1, -0.05) is 11.6 Å². The van der Waals surface area contributed by atoms with E-state index >= 15 is 0 Å². The van der Waals surface area contributed by atoms with Gasteiger partial charge < -0.3 is 0 Å². The van der Waals surface area contributed by atoms with Crippen molar-refractivity contribution in [3.05, 3.63) is 38.9 Å². The third-order valence-electron chi connectivity index (χ3n) is 1.44. The van der Waals surface area contributed by atoms with Gasteiger partial charge in [-0.2, -0.15) is 4.39 Å². The quantitative estimate of drug-likeness (QED) is 0.428. The van der Waals surface area contributed by atoms with E-state index in [2.05, 4.69) is 4.98 Å². The zero-order valence-electron chi connectivity index (χ0n) is 6.54. The Morgan fingerprint density at radius 3 is 3.00 bits per heavy atom. The summed E-state index contributed by atoms with van der Waals surface area (Å²) in [7, 11) is 0. The first kappa shape index (κ1) is 9.85. The molecule has 1 rings (SSSR count). The number of nitrogens with zero attached hydrogens (tertiary/aromatic N) is 2. The predicted octanol–water partition coefficient (Wildman–Crippen LogP) is 1.69. The van der Waals surface area contributed by atoms with E-state index in [1.54, 1.807) is 0 Å². The summed E-state index contributed by atoms with van der Waals surface area (Å²) in [6, 6.07) is 1.34. The molecule has 0 aliphatic rings. The summed E-state index contributed by atoms with van der Waals surface area (Å²) in [6.45, 7) is -0.320. The maximum absolute atomic E-state index is 12.8. The topological polar surface area (TPSA) is 56.0 Å². The van der Waals surface area contributed by atoms with Crippen LogP contribution in [0, 0.1) is 16.1 Å². The Bertz CT molecular complexity index is 332. The van der Waals surface area contributed by atoms with Crippen molar-refractivity contribution in [2.45, 2.75) is 6.42 Å². The van der Waals surface area contributed by atoms with Crippen LogP contribution in [-0.4, -0.2) is 16.5 Å². The second-order valence-corrected chi connectivity index (χ2v) is 2.85. The van der Waals surface area contributed by atoms with Crippen molar-refractivity contribution in [1.29, 1.82) is 0 Å². The molecule has 0 aliphatic carbocycles. The van der Waals surface area contributed by atoms with E-state index in [9.17, 15) is 14.5 Å². The second-order valence-electron chi connectivity index (χ2n) is 2.41. The molecule has 1 aromatic rings. The van der Waals surface area contributed by atoms with E-state index in [0.29, 0.717) is 0 Å². The van der Waals surface area contributed by atoms with Crippen molar-refractivity contribution in [3.8, 4) is 0 Å². The normalized spacial score (nSPS) is 10.0. The molecular weight excluding hydrogens is 199 g/mol. The van der Waals surface area contributed by atoms with Crippen molar-refractivity contribution in [2.24, 2.45) is 0 Å². The van der Waals surface area contributed by atoms with E-state index < -0.39 is 10.9 Å². The minimum absolute atomic E-state index is 0.00634. The largest absolute Gasteiger partial charge is 0.265 e. The molecule has 0 atom stereocenters. The minimum Gasteiger partial charge on any atom is -0.265 e. The van der Waals surface area contributed by atoms with E-state index in [1.165, 1.54) is 6.07 Å². The van der Waals surface area contributed by atoms with Gasteiger partial charge in [0.25, 0.3) is 0 Å². The second kappa shape index (κ2) is 4.13. The molecule has 1 heterocycles.